The Kier molecular flexibility index (Phi) is 1.70. The third kappa shape index (κ3) is 1.20. The third-order valence-corrected chi connectivity index (χ3v) is 4.29. The molecule has 0 aliphatic heterocycles. The summed E-state index contributed by atoms with van der Waals surface area (Å²) in [7, 11) is 0. The Bertz CT molecular complexity index is 139. The summed E-state index contributed by atoms with van der Waals surface area (Å²) >= 11 is 0. The van der Waals surface area contributed by atoms with Crippen LogP contribution in [0.4, 0.5) is 0 Å². The molecule has 67 valence electrons. The lowest BCUT2D eigenvalue weighted by molar-refractivity contribution is 0.143. The molecule has 0 nitrogen and oxygen atoms in total. The van der Waals surface area contributed by atoms with Crippen LogP contribution in [-0.2, 0) is 0 Å². The summed E-state index contributed by atoms with van der Waals surface area (Å²) in [6.07, 6.45) is 12.4. The average Bonchev–Trinajstić information content (AvgIpc) is 1.99. The van der Waals surface area contributed by atoms with E-state index in [4.69, 9.17) is 0 Å². The normalized spacial score (nSPS) is 47.5. The van der Waals surface area contributed by atoms with Crippen LogP contribution < -0.4 is 0 Å². The second-order valence-electron chi connectivity index (χ2n) is 5.36. The van der Waals surface area contributed by atoms with E-state index >= 15 is 0 Å². The van der Waals surface area contributed by atoms with Crippen LogP contribution in [0.3, 0.4) is 0 Å². The first-order chi connectivity index (χ1) is 5.90. The molecule has 0 saturated heterocycles. The van der Waals surface area contributed by atoms with Gasteiger partial charge in [-0.1, -0.05) is 19.3 Å². The largest absolute Gasteiger partial charge is 0.0528 e. The molecule has 2 atom stereocenters. The van der Waals surface area contributed by atoms with E-state index in [2.05, 4.69) is 0 Å². The van der Waals surface area contributed by atoms with Crippen LogP contribution in [0, 0.1) is 23.7 Å². The highest BCUT2D eigenvalue weighted by Gasteiger charge is 2.37. The van der Waals surface area contributed by atoms with Gasteiger partial charge in [-0.05, 0) is 55.8 Å². The van der Waals surface area contributed by atoms with E-state index in [1.807, 2.05) is 5.92 Å². The zero-order valence-electron chi connectivity index (χ0n) is 7.89. The number of hydrogen-bond acceptors (Lipinski definition) is 0. The van der Waals surface area contributed by atoms with E-state index in [1.165, 1.54) is 25.7 Å². The molecular weight excluding hydrogens is 144 g/mol. The first-order valence-electron chi connectivity index (χ1n) is 5.73. The molecule has 0 heterocycles. The highest BCUT2D eigenvalue weighted by atomic mass is 14.4. The molecule has 0 amide bonds. The summed E-state index contributed by atoms with van der Waals surface area (Å²) in [5, 5.41) is 0. The number of hydrogen-bond donors (Lipinski definition) is 0. The SMILES string of the molecule is C1CC2C[C]3CC(C1)CC(C3)C2. The lowest BCUT2D eigenvalue weighted by atomic mass is 9.61. The molecule has 4 bridgehead atoms. The van der Waals surface area contributed by atoms with Crippen molar-refractivity contribution < 1.29 is 0 Å². The molecule has 0 spiro atoms. The minimum atomic E-state index is 1.11. The van der Waals surface area contributed by atoms with E-state index in [0.29, 0.717) is 0 Å². The second kappa shape index (κ2) is 2.75. The van der Waals surface area contributed by atoms with Crippen molar-refractivity contribution in [2.24, 2.45) is 17.8 Å². The fourth-order valence-electron chi connectivity index (χ4n) is 3.98. The third-order valence-electron chi connectivity index (χ3n) is 4.29. The quantitative estimate of drug-likeness (QED) is 0.512. The molecule has 12 heavy (non-hydrogen) atoms. The van der Waals surface area contributed by atoms with Gasteiger partial charge >= 0.3 is 0 Å². The molecule has 4 aliphatic carbocycles. The summed E-state index contributed by atoms with van der Waals surface area (Å²) in [5.74, 6) is 5.30. The van der Waals surface area contributed by atoms with Gasteiger partial charge in [-0.3, -0.25) is 0 Å². The predicted octanol–water partition coefficient (Wildman–Crippen LogP) is 3.57. The number of rotatable bonds is 0. The van der Waals surface area contributed by atoms with E-state index in [1.54, 1.807) is 25.7 Å². The van der Waals surface area contributed by atoms with Gasteiger partial charge in [0.2, 0.25) is 0 Å². The van der Waals surface area contributed by atoms with Gasteiger partial charge in [0.15, 0.2) is 0 Å². The smallest absolute Gasteiger partial charge is 0.0233 e. The van der Waals surface area contributed by atoms with E-state index in [9.17, 15) is 0 Å². The minimum Gasteiger partial charge on any atom is -0.0528 e. The molecule has 0 N–H and O–H groups in total. The summed E-state index contributed by atoms with van der Waals surface area (Å²) in [5.41, 5.74) is 0. The molecule has 4 aliphatic rings. The first kappa shape index (κ1) is 7.41. The van der Waals surface area contributed by atoms with Crippen LogP contribution >= 0.6 is 0 Å². The van der Waals surface area contributed by atoms with Crippen molar-refractivity contribution in [2.45, 2.75) is 51.4 Å². The Morgan fingerprint density at radius 3 is 1.92 bits per heavy atom. The Morgan fingerprint density at radius 1 is 0.750 bits per heavy atom. The summed E-state index contributed by atoms with van der Waals surface area (Å²) in [6, 6.07) is 0. The van der Waals surface area contributed by atoms with Crippen LogP contribution in [0.5, 0.6) is 0 Å². The van der Waals surface area contributed by atoms with Crippen molar-refractivity contribution in [1.29, 1.82) is 0 Å². The summed E-state index contributed by atoms with van der Waals surface area (Å²) < 4.78 is 0. The van der Waals surface area contributed by atoms with Crippen LogP contribution in [0.25, 0.3) is 0 Å². The van der Waals surface area contributed by atoms with Crippen molar-refractivity contribution >= 4 is 0 Å². The van der Waals surface area contributed by atoms with Gasteiger partial charge < -0.3 is 0 Å². The Hall–Kier alpha value is 0. The lowest BCUT2D eigenvalue weighted by Gasteiger charge is -2.44. The standard InChI is InChI=1S/C12H19/c1-2-9-4-11-6-10(3-1)7-12(5-9)8-11/h9-11H,1-8H2. The first-order valence-corrected chi connectivity index (χ1v) is 5.73. The average molecular weight is 163 g/mol. The maximum Gasteiger partial charge on any atom is -0.0233 e. The molecule has 1 radical (unpaired) electrons. The lowest BCUT2D eigenvalue weighted by Crippen LogP contribution is -2.32. The van der Waals surface area contributed by atoms with Crippen molar-refractivity contribution in [3.63, 3.8) is 0 Å². The zero-order chi connectivity index (χ0) is 7.97. The second-order valence-corrected chi connectivity index (χ2v) is 5.36. The van der Waals surface area contributed by atoms with Crippen molar-refractivity contribution in [2.75, 3.05) is 0 Å². The Balaban J connectivity index is 1.83. The Morgan fingerprint density at radius 2 is 1.33 bits per heavy atom. The molecule has 0 heteroatoms. The van der Waals surface area contributed by atoms with Gasteiger partial charge in [0.1, 0.15) is 0 Å². The highest BCUT2D eigenvalue weighted by molar-refractivity contribution is 5.04. The van der Waals surface area contributed by atoms with E-state index in [0.717, 1.165) is 17.8 Å². The molecule has 0 aromatic rings. The topological polar surface area (TPSA) is 0 Å². The van der Waals surface area contributed by atoms with Gasteiger partial charge in [-0.15, -0.1) is 0 Å². The van der Waals surface area contributed by atoms with Crippen LogP contribution in [0.15, 0.2) is 0 Å². The Labute approximate surface area is 75.7 Å². The van der Waals surface area contributed by atoms with Crippen molar-refractivity contribution in [1.82, 2.24) is 0 Å². The maximum absolute atomic E-state index is 1.95. The predicted molar refractivity (Wildman–Crippen MR) is 50.6 cm³/mol. The van der Waals surface area contributed by atoms with Gasteiger partial charge in [0.05, 0.1) is 0 Å². The maximum atomic E-state index is 1.95. The van der Waals surface area contributed by atoms with Crippen LogP contribution in [0.1, 0.15) is 51.4 Å². The number of fused-ring (bicyclic) bond motifs is 2. The summed E-state index contributed by atoms with van der Waals surface area (Å²) in [6.45, 7) is 0. The van der Waals surface area contributed by atoms with Crippen molar-refractivity contribution in [3.8, 4) is 0 Å². The van der Waals surface area contributed by atoms with Gasteiger partial charge in [0, 0.05) is 0 Å². The van der Waals surface area contributed by atoms with Crippen molar-refractivity contribution in [3.05, 3.63) is 5.92 Å². The van der Waals surface area contributed by atoms with E-state index in [-0.39, 0.29) is 0 Å². The molecule has 4 rings (SSSR count). The molecule has 0 aromatic heterocycles. The molecule has 4 saturated carbocycles. The highest BCUT2D eigenvalue weighted by Crippen LogP contribution is 2.50. The monoisotopic (exact) mass is 163 g/mol. The minimum absolute atomic E-state index is 1.11. The molecule has 0 aromatic carbocycles. The molecule has 2 unspecified atom stereocenters. The van der Waals surface area contributed by atoms with Gasteiger partial charge in [-0.25, -0.2) is 0 Å². The fraction of sp³-hybridized carbons (Fsp3) is 0.917. The summed E-state index contributed by atoms with van der Waals surface area (Å²) in [4.78, 5) is 0. The molecule has 4 fully saturated rings. The van der Waals surface area contributed by atoms with Gasteiger partial charge in [0.25, 0.3) is 0 Å². The van der Waals surface area contributed by atoms with E-state index < -0.39 is 0 Å². The van der Waals surface area contributed by atoms with Crippen LogP contribution in [0.2, 0.25) is 0 Å². The van der Waals surface area contributed by atoms with Gasteiger partial charge in [-0.2, -0.15) is 0 Å². The molecular formula is C12H19. The van der Waals surface area contributed by atoms with Crippen LogP contribution in [-0.4, -0.2) is 0 Å². The zero-order valence-corrected chi connectivity index (χ0v) is 7.89. The fourth-order valence-corrected chi connectivity index (χ4v) is 3.98.